The first-order valence-corrected chi connectivity index (χ1v) is 6.77. The van der Waals surface area contributed by atoms with Crippen LogP contribution < -0.4 is 5.32 Å². The number of hydrogen-bond acceptors (Lipinski definition) is 3. The topological polar surface area (TPSA) is 38.3 Å². The Bertz CT molecular complexity index is 365. The molecule has 0 spiro atoms. The molecule has 1 aliphatic rings. The monoisotopic (exact) mass is 301 g/mol. The van der Waals surface area contributed by atoms with E-state index in [-0.39, 0.29) is 11.9 Å². The molecule has 0 unspecified atom stereocenters. The van der Waals surface area contributed by atoms with Crippen LogP contribution in [0, 0.1) is 0 Å². The van der Waals surface area contributed by atoms with Crippen molar-refractivity contribution >= 4 is 33.6 Å². The second-order valence-electron chi connectivity index (χ2n) is 3.54. The van der Waals surface area contributed by atoms with Crippen molar-refractivity contribution in [2.45, 2.75) is 10.9 Å². The molecule has 0 saturated carbocycles. The van der Waals surface area contributed by atoms with Gasteiger partial charge in [-0.1, -0.05) is 15.9 Å². The van der Waals surface area contributed by atoms with Crippen LogP contribution in [-0.2, 0) is 9.53 Å². The van der Waals surface area contributed by atoms with Crippen LogP contribution in [-0.4, -0.2) is 30.9 Å². The van der Waals surface area contributed by atoms with Crippen molar-refractivity contribution in [1.29, 1.82) is 0 Å². The van der Waals surface area contributed by atoms with Crippen LogP contribution in [0.4, 0.5) is 0 Å². The van der Waals surface area contributed by atoms with E-state index in [9.17, 15) is 4.79 Å². The van der Waals surface area contributed by atoms with Crippen LogP contribution in [0.1, 0.15) is 0 Å². The molecular weight excluding hydrogens is 290 g/mol. The smallest absolute Gasteiger partial charge is 0.230 e. The summed E-state index contributed by atoms with van der Waals surface area (Å²) in [6.45, 7) is 1.30. The highest BCUT2D eigenvalue weighted by Crippen LogP contribution is 2.20. The van der Waals surface area contributed by atoms with Gasteiger partial charge in [-0.2, -0.15) is 0 Å². The molecule has 1 amide bonds. The maximum Gasteiger partial charge on any atom is 0.230 e. The van der Waals surface area contributed by atoms with Crippen LogP contribution in [0.2, 0.25) is 0 Å². The maximum absolute atomic E-state index is 11.5. The Morgan fingerprint density at radius 3 is 2.69 bits per heavy atom. The SMILES string of the molecule is O=C(CSc1ccc(Br)cc1)NC1COC1. The van der Waals surface area contributed by atoms with Crippen molar-refractivity contribution in [2.75, 3.05) is 19.0 Å². The highest BCUT2D eigenvalue weighted by molar-refractivity contribution is 9.10. The summed E-state index contributed by atoms with van der Waals surface area (Å²) in [6.07, 6.45) is 0. The number of benzene rings is 1. The molecular formula is C11H12BrNO2S. The zero-order valence-corrected chi connectivity index (χ0v) is 11.0. The van der Waals surface area contributed by atoms with Gasteiger partial charge in [0.25, 0.3) is 0 Å². The summed E-state index contributed by atoms with van der Waals surface area (Å²) in [4.78, 5) is 12.6. The standard InChI is InChI=1S/C11H12BrNO2S/c12-8-1-3-10(4-2-8)16-7-11(14)13-9-5-15-6-9/h1-4,9H,5-7H2,(H,13,14). The molecule has 1 heterocycles. The van der Waals surface area contributed by atoms with E-state index in [1.54, 1.807) is 11.8 Å². The molecule has 0 aromatic heterocycles. The van der Waals surface area contributed by atoms with Crippen LogP contribution in [0.25, 0.3) is 0 Å². The summed E-state index contributed by atoms with van der Waals surface area (Å²) in [7, 11) is 0. The molecule has 1 saturated heterocycles. The van der Waals surface area contributed by atoms with E-state index < -0.39 is 0 Å². The molecule has 16 heavy (non-hydrogen) atoms. The fraction of sp³-hybridized carbons (Fsp3) is 0.364. The summed E-state index contributed by atoms with van der Waals surface area (Å²) in [5.74, 6) is 0.527. The first kappa shape index (κ1) is 12.0. The second kappa shape index (κ2) is 5.70. The quantitative estimate of drug-likeness (QED) is 0.865. The Balaban J connectivity index is 1.73. The Morgan fingerprint density at radius 1 is 1.44 bits per heavy atom. The molecule has 86 valence electrons. The number of rotatable bonds is 4. The normalized spacial score (nSPS) is 15.6. The number of thioether (sulfide) groups is 1. The second-order valence-corrected chi connectivity index (χ2v) is 5.51. The summed E-state index contributed by atoms with van der Waals surface area (Å²) in [5.41, 5.74) is 0. The number of carbonyl (C=O) groups is 1. The van der Waals surface area contributed by atoms with Gasteiger partial charge in [0.1, 0.15) is 0 Å². The van der Waals surface area contributed by atoms with E-state index in [1.807, 2.05) is 24.3 Å². The van der Waals surface area contributed by atoms with Crippen LogP contribution in [0.5, 0.6) is 0 Å². The number of halogens is 1. The predicted octanol–water partition coefficient (Wildman–Crippen LogP) is 2.06. The van der Waals surface area contributed by atoms with Gasteiger partial charge in [-0.05, 0) is 24.3 Å². The maximum atomic E-state index is 11.5. The Hall–Kier alpha value is -0.520. The van der Waals surface area contributed by atoms with Gasteiger partial charge in [0.15, 0.2) is 0 Å². The van der Waals surface area contributed by atoms with Gasteiger partial charge in [-0.15, -0.1) is 11.8 Å². The molecule has 0 aliphatic carbocycles. The first-order chi connectivity index (χ1) is 7.74. The Labute approximate surface area is 107 Å². The lowest BCUT2D eigenvalue weighted by Gasteiger charge is -2.26. The minimum absolute atomic E-state index is 0.0706. The van der Waals surface area contributed by atoms with Gasteiger partial charge in [-0.3, -0.25) is 4.79 Å². The van der Waals surface area contributed by atoms with Crippen LogP contribution in [0.3, 0.4) is 0 Å². The molecule has 0 radical (unpaired) electrons. The Morgan fingerprint density at radius 2 is 2.12 bits per heavy atom. The minimum Gasteiger partial charge on any atom is -0.377 e. The largest absolute Gasteiger partial charge is 0.377 e. The van der Waals surface area contributed by atoms with Gasteiger partial charge < -0.3 is 10.1 Å². The highest BCUT2D eigenvalue weighted by Gasteiger charge is 2.19. The lowest BCUT2D eigenvalue weighted by molar-refractivity contribution is -0.122. The fourth-order valence-corrected chi connectivity index (χ4v) is 2.24. The van der Waals surface area contributed by atoms with Crippen molar-refractivity contribution in [2.24, 2.45) is 0 Å². The van der Waals surface area contributed by atoms with Crippen LogP contribution >= 0.6 is 27.7 Å². The van der Waals surface area contributed by atoms with Gasteiger partial charge >= 0.3 is 0 Å². The van der Waals surface area contributed by atoms with Crippen molar-refractivity contribution in [3.8, 4) is 0 Å². The van der Waals surface area contributed by atoms with E-state index >= 15 is 0 Å². The summed E-state index contributed by atoms with van der Waals surface area (Å²) >= 11 is 4.91. The van der Waals surface area contributed by atoms with Crippen molar-refractivity contribution in [1.82, 2.24) is 5.32 Å². The third-order valence-electron chi connectivity index (χ3n) is 2.19. The van der Waals surface area contributed by atoms with E-state index in [2.05, 4.69) is 21.2 Å². The summed E-state index contributed by atoms with van der Waals surface area (Å²) in [6, 6.07) is 8.15. The van der Waals surface area contributed by atoms with E-state index in [0.717, 1.165) is 9.37 Å². The number of hydrogen-bond donors (Lipinski definition) is 1. The first-order valence-electron chi connectivity index (χ1n) is 4.99. The van der Waals surface area contributed by atoms with E-state index in [4.69, 9.17) is 4.74 Å². The summed E-state index contributed by atoms with van der Waals surface area (Å²) in [5, 5.41) is 2.90. The average Bonchev–Trinajstić information content (AvgIpc) is 2.23. The lowest BCUT2D eigenvalue weighted by Crippen LogP contribution is -2.49. The molecule has 2 rings (SSSR count). The zero-order chi connectivity index (χ0) is 11.4. The van der Waals surface area contributed by atoms with Gasteiger partial charge in [0.2, 0.25) is 5.91 Å². The number of carbonyl (C=O) groups excluding carboxylic acids is 1. The molecule has 1 N–H and O–H groups in total. The average molecular weight is 302 g/mol. The molecule has 5 heteroatoms. The molecule has 1 aromatic carbocycles. The molecule has 1 aromatic rings. The third kappa shape index (κ3) is 3.50. The van der Waals surface area contributed by atoms with Crippen LogP contribution in [0.15, 0.2) is 33.6 Å². The molecule has 3 nitrogen and oxygen atoms in total. The third-order valence-corrected chi connectivity index (χ3v) is 3.73. The number of nitrogens with one attached hydrogen (secondary N) is 1. The van der Waals surface area contributed by atoms with E-state index in [0.29, 0.717) is 19.0 Å². The van der Waals surface area contributed by atoms with Crippen molar-refractivity contribution < 1.29 is 9.53 Å². The summed E-state index contributed by atoms with van der Waals surface area (Å²) < 4.78 is 6.03. The van der Waals surface area contributed by atoms with Crippen molar-refractivity contribution in [3.63, 3.8) is 0 Å². The van der Waals surface area contributed by atoms with Gasteiger partial charge in [0, 0.05) is 9.37 Å². The molecule has 1 fully saturated rings. The lowest BCUT2D eigenvalue weighted by atomic mass is 10.2. The van der Waals surface area contributed by atoms with Gasteiger partial charge in [-0.25, -0.2) is 0 Å². The fourth-order valence-electron chi connectivity index (χ4n) is 1.27. The molecule has 0 atom stereocenters. The Kier molecular flexibility index (Phi) is 4.26. The van der Waals surface area contributed by atoms with E-state index in [1.165, 1.54) is 0 Å². The zero-order valence-electron chi connectivity index (χ0n) is 8.61. The molecule has 1 aliphatic heterocycles. The molecule has 0 bridgehead atoms. The van der Waals surface area contributed by atoms with Crippen molar-refractivity contribution in [3.05, 3.63) is 28.7 Å². The minimum atomic E-state index is 0.0706. The van der Waals surface area contributed by atoms with Gasteiger partial charge in [0.05, 0.1) is 25.0 Å². The number of ether oxygens (including phenoxy) is 1. The predicted molar refractivity (Wildman–Crippen MR) is 67.6 cm³/mol. The number of amides is 1. The highest BCUT2D eigenvalue weighted by atomic mass is 79.9.